The summed E-state index contributed by atoms with van der Waals surface area (Å²) in [6.45, 7) is 0.559. The first-order valence-electron chi connectivity index (χ1n) is 5.44. The summed E-state index contributed by atoms with van der Waals surface area (Å²) in [4.78, 5) is 8.22. The quantitative estimate of drug-likeness (QED) is 0.752. The largest absolute Gasteiger partial charge is 0.398 e. The number of nitrogen functional groups attached to an aromatic ring is 1. The van der Waals surface area contributed by atoms with E-state index in [1.54, 1.807) is 37.2 Å². The molecular weight excluding hydrogens is 230 g/mol. The van der Waals surface area contributed by atoms with Crippen LogP contribution in [0.2, 0.25) is 0 Å². The zero-order valence-electron chi connectivity index (χ0n) is 9.52. The van der Waals surface area contributed by atoms with Crippen molar-refractivity contribution in [1.82, 2.24) is 19.7 Å². The van der Waals surface area contributed by atoms with Crippen LogP contribution in [0.5, 0.6) is 0 Å². The summed E-state index contributed by atoms with van der Waals surface area (Å²) in [6, 6.07) is 3.58. The number of imidazole rings is 1. The third kappa shape index (κ3) is 1.84. The molecule has 0 radical (unpaired) electrons. The van der Waals surface area contributed by atoms with Crippen LogP contribution < -0.4 is 5.73 Å². The molecule has 3 rings (SSSR count). The molecule has 0 saturated heterocycles. The highest BCUT2D eigenvalue weighted by Crippen LogP contribution is 2.24. The number of rotatable bonds is 3. The maximum Gasteiger partial charge on any atom is 0.156 e. The second-order valence-corrected chi connectivity index (χ2v) is 3.85. The van der Waals surface area contributed by atoms with Gasteiger partial charge in [-0.15, -0.1) is 0 Å². The van der Waals surface area contributed by atoms with Gasteiger partial charge in [-0.3, -0.25) is 4.98 Å². The fraction of sp³-hybridized carbons (Fsp3) is 0.0833. The highest BCUT2D eigenvalue weighted by molar-refractivity contribution is 5.72. The number of hydrogen-bond acceptors (Lipinski definition) is 5. The molecule has 3 heterocycles. The second kappa shape index (κ2) is 4.33. The van der Waals surface area contributed by atoms with Gasteiger partial charge in [0.15, 0.2) is 5.76 Å². The zero-order valence-corrected chi connectivity index (χ0v) is 9.52. The van der Waals surface area contributed by atoms with E-state index in [0.29, 0.717) is 12.2 Å². The Morgan fingerprint density at radius 2 is 2.11 bits per heavy atom. The molecule has 6 heteroatoms. The van der Waals surface area contributed by atoms with E-state index in [1.165, 1.54) is 0 Å². The molecule has 18 heavy (non-hydrogen) atoms. The number of nitrogens with zero attached hydrogens (tertiary/aromatic N) is 4. The molecule has 0 atom stereocenters. The molecule has 0 amide bonds. The lowest BCUT2D eigenvalue weighted by molar-refractivity contribution is 0.377. The number of anilines is 1. The SMILES string of the molecule is Nc1ccncc1-c1cncn1Cc1ccno1. The van der Waals surface area contributed by atoms with Crippen LogP contribution in [0.3, 0.4) is 0 Å². The molecule has 6 nitrogen and oxygen atoms in total. The Morgan fingerprint density at radius 1 is 1.17 bits per heavy atom. The van der Waals surface area contributed by atoms with Crippen LogP contribution in [0.15, 0.2) is 47.8 Å². The standard InChI is InChI=1S/C12H11N5O/c13-11-2-3-14-5-10(11)12-6-15-8-17(12)7-9-1-4-16-18-9/h1-6,8H,7H2,(H2,13,14). The smallest absolute Gasteiger partial charge is 0.156 e. The molecule has 0 unspecified atom stereocenters. The summed E-state index contributed by atoms with van der Waals surface area (Å²) in [6.07, 6.45) is 8.48. The Bertz CT molecular complexity index is 644. The van der Waals surface area contributed by atoms with Crippen LogP contribution in [-0.2, 0) is 6.54 Å². The van der Waals surface area contributed by atoms with E-state index in [1.807, 2.05) is 10.6 Å². The van der Waals surface area contributed by atoms with E-state index in [4.69, 9.17) is 10.3 Å². The van der Waals surface area contributed by atoms with Crippen LogP contribution in [0.25, 0.3) is 11.3 Å². The van der Waals surface area contributed by atoms with Crippen molar-refractivity contribution in [3.63, 3.8) is 0 Å². The Kier molecular flexibility index (Phi) is 2.53. The maximum atomic E-state index is 5.94. The number of aromatic nitrogens is 4. The van der Waals surface area contributed by atoms with Crippen molar-refractivity contribution in [2.75, 3.05) is 5.73 Å². The second-order valence-electron chi connectivity index (χ2n) is 3.85. The van der Waals surface area contributed by atoms with Crippen LogP contribution in [-0.4, -0.2) is 19.7 Å². The minimum atomic E-state index is 0.559. The van der Waals surface area contributed by atoms with E-state index in [9.17, 15) is 0 Å². The summed E-state index contributed by atoms with van der Waals surface area (Å²) >= 11 is 0. The van der Waals surface area contributed by atoms with Crippen molar-refractivity contribution >= 4 is 5.69 Å². The van der Waals surface area contributed by atoms with Crippen molar-refractivity contribution < 1.29 is 4.52 Å². The number of nitrogens with two attached hydrogens (primary N) is 1. The van der Waals surface area contributed by atoms with Crippen molar-refractivity contribution in [2.24, 2.45) is 0 Å². The summed E-state index contributed by atoms with van der Waals surface area (Å²) in [5, 5.41) is 3.68. The highest BCUT2D eigenvalue weighted by Gasteiger charge is 2.10. The molecule has 0 aliphatic heterocycles. The van der Waals surface area contributed by atoms with Gasteiger partial charge in [-0.1, -0.05) is 5.16 Å². The normalized spacial score (nSPS) is 10.7. The predicted molar refractivity (Wildman–Crippen MR) is 65.5 cm³/mol. The van der Waals surface area contributed by atoms with Crippen LogP contribution in [0.4, 0.5) is 5.69 Å². The third-order valence-electron chi connectivity index (χ3n) is 2.66. The summed E-state index contributed by atoms with van der Waals surface area (Å²) in [5.41, 5.74) is 8.36. The van der Waals surface area contributed by atoms with E-state index in [0.717, 1.165) is 17.0 Å². The van der Waals surface area contributed by atoms with Gasteiger partial charge in [-0.2, -0.15) is 0 Å². The Morgan fingerprint density at radius 3 is 2.89 bits per heavy atom. The third-order valence-corrected chi connectivity index (χ3v) is 2.66. The van der Waals surface area contributed by atoms with Crippen LogP contribution >= 0.6 is 0 Å². The van der Waals surface area contributed by atoms with E-state index < -0.39 is 0 Å². The first kappa shape index (κ1) is 10.5. The van der Waals surface area contributed by atoms with Gasteiger partial charge in [0.25, 0.3) is 0 Å². The molecule has 90 valence electrons. The predicted octanol–water partition coefficient (Wildman–Crippen LogP) is 1.56. The van der Waals surface area contributed by atoms with Gasteiger partial charge in [0.05, 0.1) is 31.0 Å². The van der Waals surface area contributed by atoms with E-state index in [-0.39, 0.29) is 0 Å². The highest BCUT2D eigenvalue weighted by atomic mass is 16.5. The van der Waals surface area contributed by atoms with Crippen molar-refractivity contribution in [2.45, 2.75) is 6.54 Å². The van der Waals surface area contributed by atoms with Gasteiger partial charge >= 0.3 is 0 Å². The molecule has 0 aliphatic carbocycles. The summed E-state index contributed by atoms with van der Waals surface area (Å²) in [5.74, 6) is 0.761. The van der Waals surface area contributed by atoms with Gasteiger partial charge in [-0.25, -0.2) is 4.98 Å². The molecule has 3 aromatic heterocycles. The Labute approximate surface area is 103 Å². The lowest BCUT2D eigenvalue weighted by Crippen LogP contribution is -2.01. The first-order valence-corrected chi connectivity index (χ1v) is 5.44. The van der Waals surface area contributed by atoms with E-state index in [2.05, 4.69) is 15.1 Å². The fourth-order valence-corrected chi connectivity index (χ4v) is 1.78. The average Bonchev–Trinajstić information content (AvgIpc) is 3.02. The number of pyridine rings is 1. The average molecular weight is 241 g/mol. The zero-order chi connectivity index (χ0) is 12.4. The molecule has 0 aliphatic rings. The van der Waals surface area contributed by atoms with Crippen molar-refractivity contribution in [1.29, 1.82) is 0 Å². The molecule has 0 bridgehead atoms. The summed E-state index contributed by atoms with van der Waals surface area (Å²) in [7, 11) is 0. The van der Waals surface area contributed by atoms with Crippen molar-refractivity contribution in [3.05, 3.63) is 49.0 Å². The molecule has 2 N–H and O–H groups in total. The topological polar surface area (TPSA) is 82.8 Å². The van der Waals surface area contributed by atoms with Gasteiger partial charge in [-0.05, 0) is 6.07 Å². The molecule has 0 aromatic carbocycles. The number of hydrogen-bond donors (Lipinski definition) is 1. The molecule has 3 aromatic rings. The minimum absolute atomic E-state index is 0.559. The van der Waals surface area contributed by atoms with Gasteiger partial charge < -0.3 is 14.8 Å². The molecule has 0 fully saturated rings. The van der Waals surface area contributed by atoms with Gasteiger partial charge in [0.2, 0.25) is 0 Å². The Hall–Kier alpha value is -2.63. The minimum Gasteiger partial charge on any atom is -0.398 e. The fourth-order valence-electron chi connectivity index (χ4n) is 1.78. The van der Waals surface area contributed by atoms with Crippen molar-refractivity contribution in [3.8, 4) is 11.3 Å². The Balaban J connectivity index is 1.99. The van der Waals surface area contributed by atoms with Crippen LogP contribution in [0.1, 0.15) is 5.76 Å². The van der Waals surface area contributed by atoms with Gasteiger partial charge in [0, 0.05) is 29.7 Å². The first-order chi connectivity index (χ1) is 8.84. The van der Waals surface area contributed by atoms with Gasteiger partial charge in [0.1, 0.15) is 0 Å². The van der Waals surface area contributed by atoms with Crippen LogP contribution in [0, 0.1) is 0 Å². The lowest BCUT2D eigenvalue weighted by atomic mass is 10.2. The summed E-state index contributed by atoms with van der Waals surface area (Å²) < 4.78 is 7.02. The lowest BCUT2D eigenvalue weighted by Gasteiger charge is -2.07. The monoisotopic (exact) mass is 241 g/mol. The molecule has 0 saturated carbocycles. The molecular formula is C12H11N5O. The maximum absolute atomic E-state index is 5.94. The molecule has 0 spiro atoms. The van der Waals surface area contributed by atoms with E-state index >= 15 is 0 Å².